The first-order chi connectivity index (χ1) is 9.72. The Morgan fingerprint density at radius 1 is 1.10 bits per heavy atom. The molecule has 0 aliphatic carbocycles. The van der Waals surface area contributed by atoms with Crippen molar-refractivity contribution in [3.8, 4) is 5.75 Å². The lowest BCUT2D eigenvalue weighted by atomic mass is 10.1. The Balaban J connectivity index is 2.12. The topological polar surface area (TPSA) is 32.7 Å². The fourth-order valence-electron chi connectivity index (χ4n) is 2.95. The number of fused-ring (bicyclic) bond motifs is 1. The Labute approximate surface area is 119 Å². The molecule has 0 saturated heterocycles. The van der Waals surface area contributed by atoms with Gasteiger partial charge >= 0.3 is 0 Å². The maximum atomic E-state index is 10.1. The van der Waals surface area contributed by atoms with E-state index in [0.717, 1.165) is 30.0 Å². The third-order valence-electron chi connectivity index (χ3n) is 3.86. The molecule has 1 heterocycles. The molecule has 0 bridgehead atoms. The third kappa shape index (κ3) is 2.04. The monoisotopic (exact) mass is 269 g/mol. The molecule has 2 aromatic carbocycles. The van der Waals surface area contributed by atoms with Gasteiger partial charge in [-0.3, -0.25) is 0 Å². The molecular formula is C17H19NO2. The maximum Gasteiger partial charge on any atom is 0.126 e. The fraction of sp³-hybridized carbons (Fsp3) is 0.294. The second kappa shape index (κ2) is 5.17. The molecule has 3 rings (SSSR count). The number of rotatable bonds is 3. The van der Waals surface area contributed by atoms with Crippen molar-refractivity contribution in [2.75, 3.05) is 18.6 Å². The van der Waals surface area contributed by atoms with E-state index in [1.165, 1.54) is 11.3 Å². The van der Waals surface area contributed by atoms with Crippen LogP contribution >= 0.6 is 0 Å². The van der Waals surface area contributed by atoms with Gasteiger partial charge in [-0.05, 0) is 37.1 Å². The van der Waals surface area contributed by atoms with Gasteiger partial charge in [0.05, 0.1) is 18.9 Å². The minimum Gasteiger partial charge on any atom is -0.496 e. The largest absolute Gasteiger partial charge is 0.496 e. The van der Waals surface area contributed by atoms with Gasteiger partial charge in [-0.25, -0.2) is 0 Å². The Bertz CT molecular complexity index is 622. The molecule has 0 spiro atoms. The predicted octanol–water partition coefficient (Wildman–Crippen LogP) is 3.44. The Morgan fingerprint density at radius 3 is 2.60 bits per heavy atom. The van der Waals surface area contributed by atoms with Gasteiger partial charge in [0, 0.05) is 17.8 Å². The number of hydrogen-bond donors (Lipinski definition) is 1. The average Bonchev–Trinajstić information content (AvgIpc) is 2.90. The predicted molar refractivity (Wildman–Crippen MR) is 80.8 cm³/mol. The minimum absolute atomic E-state index is 0.561. The number of methoxy groups -OCH3 is 1. The molecular weight excluding hydrogens is 250 g/mol. The van der Waals surface area contributed by atoms with Gasteiger partial charge in [-0.2, -0.15) is 0 Å². The first-order valence-electron chi connectivity index (χ1n) is 6.92. The second-order valence-electron chi connectivity index (χ2n) is 5.10. The summed E-state index contributed by atoms with van der Waals surface area (Å²) in [6, 6.07) is 14.3. The zero-order valence-corrected chi connectivity index (χ0v) is 11.8. The lowest BCUT2D eigenvalue weighted by molar-refractivity contribution is 0.195. The molecule has 1 unspecified atom stereocenters. The van der Waals surface area contributed by atoms with Gasteiger partial charge in [0.25, 0.3) is 0 Å². The van der Waals surface area contributed by atoms with E-state index < -0.39 is 6.10 Å². The quantitative estimate of drug-likeness (QED) is 0.926. The molecule has 104 valence electrons. The van der Waals surface area contributed by atoms with Crippen molar-refractivity contribution in [3.63, 3.8) is 0 Å². The summed E-state index contributed by atoms with van der Waals surface area (Å²) in [7, 11) is 1.64. The van der Waals surface area contributed by atoms with E-state index >= 15 is 0 Å². The molecule has 0 saturated carbocycles. The van der Waals surface area contributed by atoms with Crippen LogP contribution in [0, 0.1) is 0 Å². The highest BCUT2D eigenvalue weighted by atomic mass is 16.5. The van der Waals surface area contributed by atoms with Crippen molar-refractivity contribution >= 4 is 11.4 Å². The smallest absolute Gasteiger partial charge is 0.126 e. The summed E-state index contributed by atoms with van der Waals surface area (Å²) in [5, 5.41) is 10.1. The zero-order chi connectivity index (χ0) is 14.1. The first kappa shape index (κ1) is 13.0. The van der Waals surface area contributed by atoms with E-state index in [1.54, 1.807) is 14.0 Å². The number of para-hydroxylation sites is 1. The molecule has 2 aromatic rings. The molecule has 0 amide bonds. The van der Waals surface area contributed by atoms with E-state index in [4.69, 9.17) is 4.74 Å². The third-order valence-corrected chi connectivity index (χ3v) is 3.86. The summed E-state index contributed by atoms with van der Waals surface area (Å²) in [5.41, 5.74) is 4.46. The molecule has 1 aliphatic rings. The number of aliphatic hydroxyl groups is 1. The Kier molecular flexibility index (Phi) is 3.36. The fourth-order valence-corrected chi connectivity index (χ4v) is 2.95. The summed E-state index contributed by atoms with van der Waals surface area (Å²) < 4.78 is 5.41. The van der Waals surface area contributed by atoms with Crippen molar-refractivity contribution < 1.29 is 9.84 Å². The number of ether oxygens (including phenoxy) is 1. The molecule has 0 aromatic heterocycles. The highest BCUT2D eigenvalue weighted by Crippen LogP contribution is 2.41. The summed E-state index contributed by atoms with van der Waals surface area (Å²) in [5.74, 6) is 0.738. The van der Waals surface area contributed by atoms with Gasteiger partial charge in [0.1, 0.15) is 5.75 Å². The molecule has 3 heteroatoms. The van der Waals surface area contributed by atoms with Crippen LogP contribution in [0.5, 0.6) is 5.75 Å². The van der Waals surface area contributed by atoms with Crippen LogP contribution in [0.25, 0.3) is 0 Å². The van der Waals surface area contributed by atoms with Crippen LogP contribution in [0.1, 0.15) is 24.2 Å². The van der Waals surface area contributed by atoms with E-state index in [1.807, 2.05) is 18.2 Å². The van der Waals surface area contributed by atoms with Crippen LogP contribution in [0.3, 0.4) is 0 Å². The minimum atomic E-state index is -0.561. The van der Waals surface area contributed by atoms with E-state index in [-0.39, 0.29) is 0 Å². The van der Waals surface area contributed by atoms with E-state index in [0.29, 0.717) is 0 Å². The van der Waals surface area contributed by atoms with Crippen molar-refractivity contribution in [2.24, 2.45) is 0 Å². The van der Waals surface area contributed by atoms with Crippen molar-refractivity contribution in [1.29, 1.82) is 0 Å². The number of hydrogen-bond acceptors (Lipinski definition) is 3. The first-order valence-corrected chi connectivity index (χ1v) is 6.92. The van der Waals surface area contributed by atoms with Crippen LogP contribution < -0.4 is 9.64 Å². The second-order valence-corrected chi connectivity index (χ2v) is 5.10. The molecule has 1 aliphatic heterocycles. The molecule has 3 nitrogen and oxygen atoms in total. The van der Waals surface area contributed by atoms with Gasteiger partial charge in [-0.1, -0.05) is 24.3 Å². The van der Waals surface area contributed by atoms with E-state index in [9.17, 15) is 5.11 Å². The van der Waals surface area contributed by atoms with Gasteiger partial charge in [-0.15, -0.1) is 0 Å². The normalized spacial score (nSPS) is 15.1. The van der Waals surface area contributed by atoms with E-state index in [2.05, 4.69) is 29.2 Å². The summed E-state index contributed by atoms with van der Waals surface area (Å²) >= 11 is 0. The molecule has 0 radical (unpaired) electrons. The zero-order valence-electron chi connectivity index (χ0n) is 11.8. The average molecular weight is 269 g/mol. The lowest BCUT2D eigenvalue weighted by Crippen LogP contribution is -2.16. The Morgan fingerprint density at radius 2 is 1.85 bits per heavy atom. The number of anilines is 2. The van der Waals surface area contributed by atoms with Gasteiger partial charge < -0.3 is 14.7 Å². The van der Waals surface area contributed by atoms with Gasteiger partial charge in [0.15, 0.2) is 0 Å². The number of benzene rings is 2. The molecule has 1 N–H and O–H groups in total. The molecule has 1 atom stereocenters. The van der Waals surface area contributed by atoms with Crippen LogP contribution in [-0.2, 0) is 6.42 Å². The van der Waals surface area contributed by atoms with Crippen molar-refractivity contribution in [2.45, 2.75) is 19.4 Å². The van der Waals surface area contributed by atoms with Crippen molar-refractivity contribution in [1.82, 2.24) is 0 Å². The van der Waals surface area contributed by atoms with Gasteiger partial charge in [0.2, 0.25) is 0 Å². The highest BCUT2D eigenvalue weighted by Gasteiger charge is 2.24. The summed E-state index contributed by atoms with van der Waals surface area (Å²) in [6.07, 6.45) is 0.473. The molecule has 20 heavy (non-hydrogen) atoms. The SMILES string of the molecule is COc1cccc(N2CCc3ccccc32)c1C(C)O. The van der Waals surface area contributed by atoms with Crippen LogP contribution in [0.15, 0.2) is 42.5 Å². The van der Waals surface area contributed by atoms with Crippen molar-refractivity contribution in [3.05, 3.63) is 53.6 Å². The summed E-state index contributed by atoms with van der Waals surface area (Å²) in [4.78, 5) is 2.26. The standard InChI is InChI=1S/C17H19NO2/c1-12(19)17-15(8-5-9-16(17)20-2)18-11-10-13-6-3-4-7-14(13)18/h3-9,12,19H,10-11H2,1-2H3. The lowest BCUT2D eigenvalue weighted by Gasteiger charge is -2.25. The van der Waals surface area contributed by atoms with Crippen LogP contribution in [-0.4, -0.2) is 18.8 Å². The highest BCUT2D eigenvalue weighted by molar-refractivity contribution is 5.74. The molecule has 0 fully saturated rings. The number of aliphatic hydroxyl groups excluding tert-OH is 1. The van der Waals surface area contributed by atoms with Crippen LogP contribution in [0.2, 0.25) is 0 Å². The summed E-state index contributed by atoms with van der Waals surface area (Å²) in [6.45, 7) is 2.72. The number of nitrogens with zero attached hydrogens (tertiary/aromatic N) is 1. The van der Waals surface area contributed by atoms with Crippen LogP contribution in [0.4, 0.5) is 11.4 Å². The Hall–Kier alpha value is -2.00. The maximum absolute atomic E-state index is 10.1.